The van der Waals surface area contributed by atoms with Gasteiger partial charge in [0.25, 0.3) is 0 Å². The van der Waals surface area contributed by atoms with Gasteiger partial charge in [-0.2, -0.15) is 0 Å². The molecular formula is C8H8BrClO3. The average Bonchev–Trinajstić information content (AvgIpc) is 2.13. The van der Waals surface area contributed by atoms with E-state index in [2.05, 4.69) is 15.9 Å². The first-order chi connectivity index (χ1) is 6.11. The SMILES string of the molecule is COc1cc(Cl)c(Br)c(O)c1OC. The molecule has 0 fully saturated rings. The molecule has 0 amide bonds. The lowest BCUT2D eigenvalue weighted by molar-refractivity contribution is 0.332. The molecule has 0 aliphatic carbocycles. The molecule has 0 aliphatic heterocycles. The van der Waals surface area contributed by atoms with Gasteiger partial charge in [0.15, 0.2) is 11.5 Å². The van der Waals surface area contributed by atoms with E-state index < -0.39 is 0 Å². The minimum atomic E-state index is -0.0631. The van der Waals surface area contributed by atoms with E-state index in [1.165, 1.54) is 14.2 Å². The van der Waals surface area contributed by atoms with Crippen LogP contribution in [0, 0.1) is 0 Å². The number of phenolic OH excluding ortho intramolecular Hbond substituents is 1. The molecule has 1 aromatic rings. The third-order valence-corrected chi connectivity index (χ3v) is 2.87. The highest BCUT2D eigenvalue weighted by atomic mass is 79.9. The Balaban J connectivity index is 3.39. The van der Waals surface area contributed by atoms with Crippen molar-refractivity contribution in [3.8, 4) is 17.2 Å². The molecule has 0 atom stereocenters. The van der Waals surface area contributed by atoms with E-state index >= 15 is 0 Å². The van der Waals surface area contributed by atoms with Crippen LogP contribution in [0.4, 0.5) is 0 Å². The van der Waals surface area contributed by atoms with Crippen LogP contribution in [-0.4, -0.2) is 19.3 Å². The molecule has 0 aromatic heterocycles. The third kappa shape index (κ3) is 1.84. The van der Waals surface area contributed by atoms with Gasteiger partial charge in [0.1, 0.15) is 0 Å². The molecule has 1 N–H and O–H groups in total. The molecule has 0 saturated heterocycles. The number of ether oxygens (including phenoxy) is 2. The summed E-state index contributed by atoms with van der Waals surface area (Å²) < 4.78 is 10.3. The van der Waals surface area contributed by atoms with Crippen LogP contribution in [0.15, 0.2) is 10.5 Å². The third-order valence-electron chi connectivity index (χ3n) is 1.54. The fourth-order valence-electron chi connectivity index (χ4n) is 0.922. The smallest absolute Gasteiger partial charge is 0.204 e. The van der Waals surface area contributed by atoms with Crippen LogP contribution in [0.25, 0.3) is 0 Å². The van der Waals surface area contributed by atoms with E-state index in [0.717, 1.165) is 0 Å². The lowest BCUT2D eigenvalue weighted by Gasteiger charge is -2.11. The summed E-state index contributed by atoms with van der Waals surface area (Å²) in [6.07, 6.45) is 0. The molecule has 0 saturated carbocycles. The van der Waals surface area contributed by atoms with Gasteiger partial charge in [0, 0.05) is 6.07 Å². The number of aromatic hydroxyl groups is 1. The quantitative estimate of drug-likeness (QED) is 0.895. The number of methoxy groups -OCH3 is 2. The number of rotatable bonds is 2. The Labute approximate surface area is 89.4 Å². The fourth-order valence-corrected chi connectivity index (χ4v) is 1.41. The summed E-state index contributed by atoms with van der Waals surface area (Å²) in [7, 11) is 2.92. The van der Waals surface area contributed by atoms with E-state index in [4.69, 9.17) is 21.1 Å². The molecule has 0 heterocycles. The molecule has 0 radical (unpaired) electrons. The van der Waals surface area contributed by atoms with E-state index in [-0.39, 0.29) is 11.5 Å². The standard InChI is InChI=1S/C8H8BrClO3/c1-12-5-3-4(10)6(9)7(11)8(5)13-2/h3,11H,1-2H3. The van der Waals surface area contributed by atoms with E-state index in [1.807, 2.05) is 0 Å². The molecule has 0 unspecified atom stereocenters. The molecule has 72 valence electrons. The molecule has 1 aromatic carbocycles. The lowest BCUT2D eigenvalue weighted by Crippen LogP contribution is -1.91. The largest absolute Gasteiger partial charge is 0.503 e. The topological polar surface area (TPSA) is 38.7 Å². The molecule has 0 aliphatic rings. The van der Waals surface area contributed by atoms with Crippen LogP contribution in [0.3, 0.4) is 0 Å². The van der Waals surface area contributed by atoms with Crippen molar-refractivity contribution in [2.75, 3.05) is 14.2 Å². The Morgan fingerprint density at radius 1 is 1.38 bits per heavy atom. The first-order valence-corrected chi connectivity index (χ1v) is 4.57. The minimum absolute atomic E-state index is 0.0631. The molecule has 1 rings (SSSR count). The second-order valence-corrected chi connectivity index (χ2v) is 3.46. The Bertz CT molecular complexity index is 328. The summed E-state index contributed by atoms with van der Waals surface area (Å²) in [4.78, 5) is 0. The fraction of sp³-hybridized carbons (Fsp3) is 0.250. The maximum Gasteiger partial charge on any atom is 0.204 e. The summed E-state index contributed by atoms with van der Waals surface area (Å²) in [5.41, 5.74) is 0. The number of hydrogen-bond acceptors (Lipinski definition) is 3. The number of phenols is 1. The van der Waals surface area contributed by atoms with Crippen molar-refractivity contribution in [2.45, 2.75) is 0 Å². The van der Waals surface area contributed by atoms with Crippen molar-refractivity contribution in [1.29, 1.82) is 0 Å². The normalized spacial score (nSPS) is 9.85. The maximum atomic E-state index is 9.55. The number of hydrogen-bond donors (Lipinski definition) is 1. The van der Waals surface area contributed by atoms with E-state index in [0.29, 0.717) is 15.2 Å². The number of benzene rings is 1. The monoisotopic (exact) mass is 266 g/mol. The highest BCUT2D eigenvalue weighted by Gasteiger charge is 2.15. The highest BCUT2D eigenvalue weighted by Crippen LogP contribution is 2.45. The predicted octanol–water partition coefficient (Wildman–Crippen LogP) is 2.83. The molecule has 0 bridgehead atoms. The summed E-state index contributed by atoms with van der Waals surface area (Å²) in [6, 6.07) is 1.56. The molecular weight excluding hydrogens is 259 g/mol. The van der Waals surface area contributed by atoms with Crippen LogP contribution in [0.1, 0.15) is 0 Å². The van der Waals surface area contributed by atoms with Crippen molar-refractivity contribution in [3.05, 3.63) is 15.6 Å². The second-order valence-electron chi connectivity index (χ2n) is 2.26. The Morgan fingerprint density at radius 2 is 2.00 bits per heavy atom. The summed E-state index contributed by atoms with van der Waals surface area (Å²) in [6.45, 7) is 0. The summed E-state index contributed by atoms with van der Waals surface area (Å²) in [5, 5.41) is 9.92. The van der Waals surface area contributed by atoms with Crippen molar-refractivity contribution < 1.29 is 14.6 Å². The lowest BCUT2D eigenvalue weighted by atomic mass is 10.3. The van der Waals surface area contributed by atoms with Gasteiger partial charge in [-0.3, -0.25) is 0 Å². The maximum absolute atomic E-state index is 9.55. The van der Waals surface area contributed by atoms with Gasteiger partial charge >= 0.3 is 0 Å². The van der Waals surface area contributed by atoms with Gasteiger partial charge < -0.3 is 14.6 Å². The van der Waals surface area contributed by atoms with Crippen LogP contribution >= 0.6 is 27.5 Å². The van der Waals surface area contributed by atoms with E-state index in [9.17, 15) is 5.11 Å². The van der Waals surface area contributed by atoms with Crippen molar-refractivity contribution in [3.63, 3.8) is 0 Å². The van der Waals surface area contributed by atoms with Crippen LogP contribution in [0.2, 0.25) is 5.02 Å². The summed E-state index contributed by atoms with van der Waals surface area (Å²) in [5.74, 6) is 0.596. The number of halogens is 2. The van der Waals surface area contributed by atoms with Crippen molar-refractivity contribution in [2.24, 2.45) is 0 Å². The Hall–Kier alpha value is -0.610. The van der Waals surface area contributed by atoms with Gasteiger partial charge in [-0.15, -0.1) is 0 Å². The first-order valence-electron chi connectivity index (χ1n) is 3.40. The first kappa shape index (κ1) is 10.5. The van der Waals surface area contributed by atoms with E-state index in [1.54, 1.807) is 6.07 Å². The van der Waals surface area contributed by atoms with Crippen molar-refractivity contribution in [1.82, 2.24) is 0 Å². The van der Waals surface area contributed by atoms with Crippen molar-refractivity contribution >= 4 is 27.5 Å². The zero-order valence-corrected chi connectivity index (χ0v) is 9.44. The predicted molar refractivity (Wildman–Crippen MR) is 53.9 cm³/mol. The van der Waals surface area contributed by atoms with Gasteiger partial charge in [0.05, 0.1) is 23.7 Å². The Morgan fingerprint density at radius 3 is 2.46 bits per heavy atom. The zero-order chi connectivity index (χ0) is 10.0. The van der Waals surface area contributed by atoms with Crippen LogP contribution in [-0.2, 0) is 0 Å². The van der Waals surface area contributed by atoms with Gasteiger partial charge in [-0.25, -0.2) is 0 Å². The zero-order valence-electron chi connectivity index (χ0n) is 7.10. The van der Waals surface area contributed by atoms with Gasteiger partial charge in [-0.05, 0) is 15.9 Å². The highest BCUT2D eigenvalue weighted by molar-refractivity contribution is 9.10. The van der Waals surface area contributed by atoms with Crippen LogP contribution < -0.4 is 9.47 Å². The second kappa shape index (κ2) is 4.07. The molecule has 0 spiro atoms. The average molecular weight is 268 g/mol. The molecule has 3 nitrogen and oxygen atoms in total. The molecule has 13 heavy (non-hydrogen) atoms. The van der Waals surface area contributed by atoms with Crippen LogP contribution in [0.5, 0.6) is 17.2 Å². The molecule has 5 heteroatoms. The van der Waals surface area contributed by atoms with Gasteiger partial charge in [0.2, 0.25) is 5.75 Å². The van der Waals surface area contributed by atoms with Gasteiger partial charge in [-0.1, -0.05) is 11.6 Å². The Kier molecular flexibility index (Phi) is 3.27. The summed E-state index contributed by atoms with van der Waals surface area (Å²) >= 11 is 8.90. The minimum Gasteiger partial charge on any atom is -0.503 e.